The third-order valence-corrected chi connectivity index (χ3v) is 6.10. The number of ether oxygens (including phenoxy) is 5. The molecule has 16 nitrogen and oxygen atoms in total. The van der Waals surface area contributed by atoms with Gasteiger partial charge in [0.2, 0.25) is 5.91 Å². The van der Waals surface area contributed by atoms with Crippen LogP contribution in [0.3, 0.4) is 0 Å². The first-order chi connectivity index (χ1) is 16.5. The van der Waals surface area contributed by atoms with Crippen molar-refractivity contribution in [3.8, 4) is 0 Å². The largest absolute Gasteiger partial charge is 0.394 e. The molecule has 3 aliphatic rings. The van der Waals surface area contributed by atoms with Gasteiger partial charge in [-0.05, 0) is 0 Å². The molecular weight excluding hydrogens is 482 g/mol. The van der Waals surface area contributed by atoms with Crippen LogP contribution in [0.4, 0.5) is 0 Å². The van der Waals surface area contributed by atoms with E-state index in [1.54, 1.807) is 0 Å². The zero-order valence-electron chi connectivity index (χ0n) is 18.7. The Kier molecular flexibility index (Phi) is 9.74. The van der Waals surface area contributed by atoms with E-state index < -0.39 is 112 Å². The van der Waals surface area contributed by atoms with Gasteiger partial charge in [-0.3, -0.25) is 4.79 Å². The van der Waals surface area contributed by atoms with E-state index in [9.17, 15) is 50.8 Å². The number of carbonyl (C=O) groups excluding carboxylic acids is 1. The van der Waals surface area contributed by atoms with E-state index in [1.807, 2.05) is 0 Å². The molecule has 1 amide bonds. The fraction of sp³-hybridized carbons (Fsp3) is 0.947. The highest BCUT2D eigenvalue weighted by Gasteiger charge is 2.53. The molecule has 204 valence electrons. The van der Waals surface area contributed by atoms with Crippen molar-refractivity contribution < 1.29 is 74.4 Å². The number of aliphatic hydroxyl groups is 9. The Labute approximate surface area is 199 Å². The molecule has 14 atom stereocenters. The maximum atomic E-state index is 11.8. The van der Waals surface area contributed by atoms with Gasteiger partial charge in [0.1, 0.15) is 67.1 Å². The Morgan fingerprint density at radius 2 is 1.40 bits per heavy atom. The second kappa shape index (κ2) is 12.0. The Hall–Kier alpha value is -1.09. The fourth-order valence-electron chi connectivity index (χ4n) is 4.17. The SMILES string of the molecule is CC(=O)N[C@H]1C(O)O[C@H](CO)[C@@H](O[C@@H]2O[C@H](CO)[C@H](O)[C@H](O)[C@H]2O)[C@@H]1O[C@@H]1OC[C@@H](O)[C@@H](O)[C@@H]1O. The zero-order chi connectivity index (χ0) is 26.0. The first-order valence-corrected chi connectivity index (χ1v) is 11.0. The minimum absolute atomic E-state index is 0.429. The normalized spacial score (nSPS) is 49.0. The summed E-state index contributed by atoms with van der Waals surface area (Å²) in [6.07, 6.45) is -20.9. The second-order valence-corrected chi connectivity index (χ2v) is 8.62. The summed E-state index contributed by atoms with van der Waals surface area (Å²) < 4.78 is 27.3. The minimum Gasteiger partial charge on any atom is -0.394 e. The topological polar surface area (TPSA) is 257 Å². The molecule has 3 aliphatic heterocycles. The first-order valence-electron chi connectivity index (χ1n) is 11.0. The molecule has 1 unspecified atom stereocenters. The third kappa shape index (κ3) is 6.08. The number of hydrogen-bond acceptors (Lipinski definition) is 15. The number of aliphatic hydroxyl groups excluding tert-OH is 9. The molecule has 35 heavy (non-hydrogen) atoms. The predicted molar refractivity (Wildman–Crippen MR) is 107 cm³/mol. The highest BCUT2D eigenvalue weighted by Crippen LogP contribution is 2.32. The van der Waals surface area contributed by atoms with Gasteiger partial charge in [-0.2, -0.15) is 0 Å². The van der Waals surface area contributed by atoms with Crippen LogP contribution in [0.5, 0.6) is 0 Å². The molecule has 10 N–H and O–H groups in total. The number of rotatable bonds is 7. The van der Waals surface area contributed by atoms with Gasteiger partial charge in [0, 0.05) is 6.92 Å². The quantitative estimate of drug-likeness (QED) is 0.151. The minimum atomic E-state index is -1.84. The van der Waals surface area contributed by atoms with Crippen molar-refractivity contribution in [2.24, 2.45) is 0 Å². The molecule has 0 aromatic heterocycles. The van der Waals surface area contributed by atoms with E-state index >= 15 is 0 Å². The highest BCUT2D eigenvalue weighted by molar-refractivity contribution is 5.73. The maximum Gasteiger partial charge on any atom is 0.217 e. The Bertz CT molecular complexity index is 699. The number of nitrogens with one attached hydrogen (secondary N) is 1. The van der Waals surface area contributed by atoms with E-state index in [0.717, 1.165) is 6.92 Å². The molecule has 0 aromatic carbocycles. The second-order valence-electron chi connectivity index (χ2n) is 8.62. The smallest absolute Gasteiger partial charge is 0.217 e. The maximum absolute atomic E-state index is 11.8. The van der Waals surface area contributed by atoms with E-state index in [2.05, 4.69) is 5.32 Å². The van der Waals surface area contributed by atoms with E-state index in [1.165, 1.54) is 0 Å². The van der Waals surface area contributed by atoms with Crippen LogP contribution in [0.15, 0.2) is 0 Å². The monoisotopic (exact) mass is 515 g/mol. The van der Waals surface area contributed by atoms with Gasteiger partial charge in [-0.15, -0.1) is 0 Å². The average Bonchev–Trinajstić information content (AvgIpc) is 2.82. The van der Waals surface area contributed by atoms with Crippen molar-refractivity contribution in [2.75, 3.05) is 19.8 Å². The molecule has 3 heterocycles. The lowest BCUT2D eigenvalue weighted by molar-refractivity contribution is -0.366. The molecular formula is C19H33NO15. The summed E-state index contributed by atoms with van der Waals surface area (Å²) in [5.74, 6) is -0.638. The molecule has 0 aliphatic carbocycles. The Morgan fingerprint density at radius 3 is 2.00 bits per heavy atom. The summed E-state index contributed by atoms with van der Waals surface area (Å²) >= 11 is 0. The molecule has 3 rings (SSSR count). The van der Waals surface area contributed by atoms with Gasteiger partial charge in [0.15, 0.2) is 18.9 Å². The predicted octanol–water partition coefficient (Wildman–Crippen LogP) is -6.79. The van der Waals surface area contributed by atoms with Crippen LogP contribution in [-0.4, -0.2) is 158 Å². The Morgan fingerprint density at radius 1 is 0.800 bits per heavy atom. The van der Waals surface area contributed by atoms with Crippen LogP contribution >= 0.6 is 0 Å². The van der Waals surface area contributed by atoms with Gasteiger partial charge < -0.3 is 75.0 Å². The molecule has 0 radical (unpaired) electrons. The standard InChI is InChI=1S/C19H33NO15/c1-5(23)20-9-16(35-18-13(28)10(25)6(24)4-31-18)15(8(3-22)32-17(9)30)34-19-14(29)12(27)11(26)7(2-21)33-19/h6-19,21-22,24-30H,2-4H2,1H3,(H,20,23)/t6-,7-,8-,9-,10-,11+,12+,13+,14-,15-,16-,17?,18+,19+/m1/s1. The number of amides is 1. The average molecular weight is 515 g/mol. The van der Waals surface area contributed by atoms with Crippen molar-refractivity contribution in [1.29, 1.82) is 0 Å². The lowest BCUT2D eigenvalue weighted by Gasteiger charge is -2.48. The molecule has 3 saturated heterocycles. The molecule has 3 fully saturated rings. The van der Waals surface area contributed by atoms with Crippen molar-refractivity contribution in [1.82, 2.24) is 5.32 Å². The van der Waals surface area contributed by atoms with E-state index in [0.29, 0.717) is 0 Å². The third-order valence-electron chi connectivity index (χ3n) is 6.10. The van der Waals surface area contributed by atoms with Gasteiger partial charge in [0.25, 0.3) is 0 Å². The number of hydrogen-bond donors (Lipinski definition) is 10. The molecule has 0 bridgehead atoms. The van der Waals surface area contributed by atoms with Crippen LogP contribution in [-0.2, 0) is 28.5 Å². The van der Waals surface area contributed by atoms with Crippen LogP contribution in [0.2, 0.25) is 0 Å². The van der Waals surface area contributed by atoms with Gasteiger partial charge in [0.05, 0.1) is 19.8 Å². The van der Waals surface area contributed by atoms with Crippen molar-refractivity contribution in [3.05, 3.63) is 0 Å². The van der Waals surface area contributed by atoms with Crippen LogP contribution in [0.1, 0.15) is 6.92 Å². The van der Waals surface area contributed by atoms with E-state index in [-0.39, 0.29) is 0 Å². The van der Waals surface area contributed by atoms with Crippen LogP contribution in [0, 0.1) is 0 Å². The van der Waals surface area contributed by atoms with Crippen LogP contribution in [0.25, 0.3) is 0 Å². The lowest BCUT2D eigenvalue weighted by atomic mass is 9.95. The summed E-state index contributed by atoms with van der Waals surface area (Å²) in [6.45, 7) is -0.825. The molecule has 16 heteroatoms. The summed E-state index contributed by atoms with van der Waals surface area (Å²) in [6, 6.07) is -1.40. The lowest BCUT2D eigenvalue weighted by Crippen LogP contribution is -2.69. The molecule has 0 saturated carbocycles. The van der Waals surface area contributed by atoms with Crippen LogP contribution < -0.4 is 5.32 Å². The number of carbonyl (C=O) groups is 1. The van der Waals surface area contributed by atoms with Crippen molar-refractivity contribution >= 4 is 5.91 Å². The molecule has 0 spiro atoms. The van der Waals surface area contributed by atoms with E-state index in [4.69, 9.17) is 23.7 Å². The summed E-state index contributed by atoms with van der Waals surface area (Å²) in [5.41, 5.74) is 0. The highest BCUT2D eigenvalue weighted by atomic mass is 16.7. The summed E-state index contributed by atoms with van der Waals surface area (Å²) in [7, 11) is 0. The summed E-state index contributed by atoms with van der Waals surface area (Å²) in [5, 5.41) is 92.5. The summed E-state index contributed by atoms with van der Waals surface area (Å²) in [4.78, 5) is 11.8. The Balaban J connectivity index is 1.90. The zero-order valence-corrected chi connectivity index (χ0v) is 18.7. The molecule has 0 aromatic rings. The van der Waals surface area contributed by atoms with Gasteiger partial charge in [-0.25, -0.2) is 0 Å². The fourth-order valence-corrected chi connectivity index (χ4v) is 4.17. The first kappa shape index (κ1) is 28.5. The van der Waals surface area contributed by atoms with Gasteiger partial charge in [-0.1, -0.05) is 0 Å². The van der Waals surface area contributed by atoms with Crippen molar-refractivity contribution in [2.45, 2.75) is 92.9 Å². The van der Waals surface area contributed by atoms with Crippen molar-refractivity contribution in [3.63, 3.8) is 0 Å². The van der Waals surface area contributed by atoms with Gasteiger partial charge >= 0.3 is 0 Å².